The summed E-state index contributed by atoms with van der Waals surface area (Å²) in [7, 11) is -4.13. The minimum atomic E-state index is -4.13. The molecule has 0 aromatic heterocycles. The van der Waals surface area contributed by atoms with Gasteiger partial charge in [-0.1, -0.05) is 24.6 Å². The first-order valence-electron chi connectivity index (χ1n) is 4.94. The highest BCUT2D eigenvalue weighted by Crippen LogP contribution is 2.41. The van der Waals surface area contributed by atoms with Gasteiger partial charge in [0, 0.05) is 17.1 Å². The molecule has 0 saturated carbocycles. The summed E-state index contributed by atoms with van der Waals surface area (Å²) in [6.07, 6.45) is -0.0598. The van der Waals surface area contributed by atoms with Gasteiger partial charge in [-0.2, -0.15) is 0 Å². The summed E-state index contributed by atoms with van der Waals surface area (Å²) in [6, 6.07) is 4.53. The Morgan fingerprint density at radius 3 is 2.59 bits per heavy atom. The zero-order valence-corrected chi connectivity index (χ0v) is 10.8. The Morgan fingerprint density at radius 2 is 2.12 bits per heavy atom. The number of hydrogen-bond donors (Lipinski definition) is 3. The Morgan fingerprint density at radius 1 is 1.47 bits per heavy atom. The standard InChI is InChI=1S/C10H13ClNO4P/c1-2-10(13)12-8-4-3-7(9(11)5-8)6-17(14,15)16/h3-5H,2,6H2,1H3,(H,12,13)(H2,14,15,16). The molecule has 7 heteroatoms. The lowest BCUT2D eigenvalue weighted by Gasteiger charge is -2.09. The van der Waals surface area contributed by atoms with Crippen molar-refractivity contribution in [1.82, 2.24) is 0 Å². The van der Waals surface area contributed by atoms with Crippen molar-refractivity contribution in [2.24, 2.45) is 0 Å². The first-order valence-corrected chi connectivity index (χ1v) is 7.12. The van der Waals surface area contributed by atoms with Crippen LogP contribution in [-0.4, -0.2) is 15.7 Å². The third-order valence-corrected chi connectivity index (χ3v) is 3.14. The Hall–Kier alpha value is -0.870. The maximum atomic E-state index is 11.1. The van der Waals surface area contributed by atoms with Crippen molar-refractivity contribution >= 4 is 30.8 Å². The summed E-state index contributed by atoms with van der Waals surface area (Å²) in [5.74, 6) is -0.149. The number of carbonyl (C=O) groups excluding carboxylic acids is 1. The second kappa shape index (κ2) is 5.65. The highest BCUT2D eigenvalue weighted by molar-refractivity contribution is 7.50. The predicted octanol–water partition coefficient (Wildman–Crippen LogP) is 2.37. The lowest BCUT2D eigenvalue weighted by atomic mass is 10.2. The first-order chi connectivity index (χ1) is 7.81. The molecule has 0 saturated heterocycles. The Bertz CT molecular complexity index is 471. The molecule has 0 aliphatic carbocycles. The Kier molecular flexibility index (Phi) is 4.71. The van der Waals surface area contributed by atoms with Crippen LogP contribution in [0.2, 0.25) is 5.02 Å². The molecule has 0 bridgehead atoms. The monoisotopic (exact) mass is 277 g/mol. The fraction of sp³-hybridized carbons (Fsp3) is 0.300. The predicted molar refractivity (Wildman–Crippen MR) is 66.1 cm³/mol. The lowest BCUT2D eigenvalue weighted by molar-refractivity contribution is -0.115. The van der Waals surface area contributed by atoms with Crippen LogP contribution in [0.25, 0.3) is 0 Å². The maximum absolute atomic E-state index is 11.1. The number of anilines is 1. The van der Waals surface area contributed by atoms with E-state index >= 15 is 0 Å². The van der Waals surface area contributed by atoms with Gasteiger partial charge in [-0.25, -0.2) is 0 Å². The van der Waals surface area contributed by atoms with Crippen molar-refractivity contribution in [3.8, 4) is 0 Å². The number of nitrogens with one attached hydrogen (secondary N) is 1. The molecule has 0 aliphatic rings. The molecule has 0 spiro atoms. The van der Waals surface area contributed by atoms with E-state index in [-0.39, 0.29) is 10.9 Å². The van der Waals surface area contributed by atoms with Gasteiger partial charge in [0.15, 0.2) is 0 Å². The van der Waals surface area contributed by atoms with Gasteiger partial charge in [0.1, 0.15) is 0 Å². The lowest BCUT2D eigenvalue weighted by Crippen LogP contribution is -2.09. The fourth-order valence-corrected chi connectivity index (χ4v) is 2.28. The van der Waals surface area contributed by atoms with Gasteiger partial charge in [-0.15, -0.1) is 0 Å². The highest BCUT2D eigenvalue weighted by atomic mass is 35.5. The summed E-state index contributed by atoms with van der Waals surface area (Å²) >= 11 is 5.87. The van der Waals surface area contributed by atoms with Crippen molar-refractivity contribution < 1.29 is 19.1 Å². The number of carbonyl (C=O) groups is 1. The number of halogens is 1. The molecule has 5 nitrogen and oxygen atoms in total. The van der Waals surface area contributed by atoms with Gasteiger partial charge in [0.2, 0.25) is 5.91 Å². The van der Waals surface area contributed by atoms with E-state index in [0.717, 1.165) is 0 Å². The van der Waals surface area contributed by atoms with Crippen LogP contribution in [0.5, 0.6) is 0 Å². The van der Waals surface area contributed by atoms with Gasteiger partial charge < -0.3 is 15.1 Å². The maximum Gasteiger partial charge on any atom is 0.329 e. The molecule has 0 radical (unpaired) electrons. The molecule has 0 fully saturated rings. The zero-order valence-electron chi connectivity index (χ0n) is 9.18. The highest BCUT2D eigenvalue weighted by Gasteiger charge is 2.16. The number of amides is 1. The van der Waals surface area contributed by atoms with Crippen molar-refractivity contribution in [2.75, 3.05) is 5.32 Å². The first kappa shape index (κ1) is 14.2. The Labute approximate surface area is 104 Å². The number of rotatable bonds is 4. The molecule has 0 unspecified atom stereocenters. The molecule has 94 valence electrons. The molecule has 1 aromatic carbocycles. The van der Waals surface area contributed by atoms with Crippen LogP contribution in [-0.2, 0) is 15.5 Å². The van der Waals surface area contributed by atoms with E-state index in [1.807, 2.05) is 0 Å². The summed E-state index contributed by atoms with van der Waals surface area (Å²) in [5.41, 5.74) is 0.866. The second-order valence-electron chi connectivity index (χ2n) is 3.53. The van der Waals surface area contributed by atoms with E-state index in [4.69, 9.17) is 21.4 Å². The summed E-state index contributed by atoms with van der Waals surface area (Å²) in [6.45, 7) is 1.72. The van der Waals surface area contributed by atoms with Crippen LogP contribution in [0.3, 0.4) is 0 Å². The molecule has 3 N–H and O–H groups in total. The summed E-state index contributed by atoms with van der Waals surface area (Å²) in [4.78, 5) is 28.8. The molecule has 0 atom stereocenters. The van der Waals surface area contributed by atoms with Crippen molar-refractivity contribution in [3.63, 3.8) is 0 Å². The normalized spacial score (nSPS) is 11.3. The quantitative estimate of drug-likeness (QED) is 0.737. The van der Waals surface area contributed by atoms with Crippen LogP contribution < -0.4 is 5.32 Å². The van der Waals surface area contributed by atoms with Gasteiger partial charge in [0.25, 0.3) is 0 Å². The van der Waals surface area contributed by atoms with E-state index in [0.29, 0.717) is 17.7 Å². The summed E-state index contributed by atoms with van der Waals surface area (Å²) in [5, 5.41) is 2.83. The van der Waals surface area contributed by atoms with E-state index in [2.05, 4.69) is 5.32 Å². The largest absolute Gasteiger partial charge is 0.329 e. The van der Waals surface area contributed by atoms with Gasteiger partial charge in [0.05, 0.1) is 6.16 Å². The zero-order chi connectivity index (χ0) is 13.1. The van der Waals surface area contributed by atoms with E-state index < -0.39 is 13.8 Å². The van der Waals surface area contributed by atoms with Crippen LogP contribution in [0.15, 0.2) is 18.2 Å². The molecule has 0 heterocycles. The topological polar surface area (TPSA) is 86.6 Å². The molecule has 1 aromatic rings. The van der Waals surface area contributed by atoms with E-state index in [9.17, 15) is 9.36 Å². The number of hydrogen-bond acceptors (Lipinski definition) is 2. The smallest absolute Gasteiger partial charge is 0.326 e. The number of benzene rings is 1. The van der Waals surface area contributed by atoms with Crippen LogP contribution >= 0.6 is 19.2 Å². The van der Waals surface area contributed by atoms with Crippen LogP contribution in [0.4, 0.5) is 5.69 Å². The van der Waals surface area contributed by atoms with Gasteiger partial charge >= 0.3 is 7.60 Å². The van der Waals surface area contributed by atoms with Crippen molar-refractivity contribution in [3.05, 3.63) is 28.8 Å². The second-order valence-corrected chi connectivity index (χ2v) is 5.58. The minimum Gasteiger partial charge on any atom is -0.326 e. The molecular formula is C10H13ClNO4P. The molecule has 0 aliphatic heterocycles. The molecular weight excluding hydrogens is 265 g/mol. The average molecular weight is 278 g/mol. The fourth-order valence-electron chi connectivity index (χ4n) is 1.22. The van der Waals surface area contributed by atoms with Gasteiger partial charge in [-0.05, 0) is 17.7 Å². The van der Waals surface area contributed by atoms with Crippen LogP contribution in [0, 0.1) is 0 Å². The van der Waals surface area contributed by atoms with Crippen molar-refractivity contribution in [2.45, 2.75) is 19.5 Å². The summed E-state index contributed by atoms with van der Waals surface area (Å²) < 4.78 is 10.8. The van der Waals surface area contributed by atoms with Crippen LogP contribution in [0.1, 0.15) is 18.9 Å². The minimum absolute atomic E-state index is 0.149. The molecule has 1 rings (SSSR count). The van der Waals surface area contributed by atoms with Crippen molar-refractivity contribution in [1.29, 1.82) is 0 Å². The average Bonchev–Trinajstić information content (AvgIpc) is 2.20. The van der Waals surface area contributed by atoms with Gasteiger partial charge in [-0.3, -0.25) is 9.36 Å². The third kappa shape index (κ3) is 4.88. The SMILES string of the molecule is CCC(=O)Nc1ccc(CP(=O)(O)O)c(Cl)c1. The van der Waals surface area contributed by atoms with E-state index in [1.165, 1.54) is 12.1 Å². The molecule has 1 amide bonds. The van der Waals surface area contributed by atoms with E-state index in [1.54, 1.807) is 13.0 Å². The third-order valence-electron chi connectivity index (χ3n) is 2.03. The Balaban J connectivity index is 2.86. The molecule has 17 heavy (non-hydrogen) atoms.